The molecule has 0 aliphatic carbocycles. The van der Waals surface area contributed by atoms with Crippen LogP contribution in [0.1, 0.15) is 47.0 Å². The molecule has 0 spiro atoms. The van der Waals surface area contributed by atoms with Gasteiger partial charge in [0.2, 0.25) is 0 Å². The molecule has 0 radical (unpaired) electrons. The highest BCUT2D eigenvalue weighted by atomic mass is 19.4. The molecule has 7 nitrogen and oxygen atoms in total. The Morgan fingerprint density at radius 2 is 1.19 bits per heavy atom. The van der Waals surface area contributed by atoms with E-state index >= 15 is 0 Å². The van der Waals surface area contributed by atoms with Gasteiger partial charge in [-0.2, -0.15) is 13.2 Å². The Bertz CT molecular complexity index is 2750. The van der Waals surface area contributed by atoms with Crippen molar-refractivity contribution in [2.75, 3.05) is 0 Å². The van der Waals surface area contributed by atoms with Crippen molar-refractivity contribution < 1.29 is 13.2 Å². The Hall–Kier alpha value is -7.20. The Labute approximate surface area is 339 Å². The van der Waals surface area contributed by atoms with Crippen molar-refractivity contribution in [3.05, 3.63) is 210 Å². The predicted molar refractivity (Wildman–Crippen MR) is 224 cm³/mol. The zero-order chi connectivity index (χ0) is 40.4. The van der Waals surface area contributed by atoms with E-state index in [-0.39, 0.29) is 0 Å². The van der Waals surface area contributed by atoms with E-state index in [2.05, 4.69) is 94.5 Å². The Morgan fingerprint density at radius 3 is 1.80 bits per heavy atom. The van der Waals surface area contributed by atoms with Gasteiger partial charge in [0.1, 0.15) is 11.4 Å². The zero-order valence-electron chi connectivity index (χ0n) is 32.1. The summed E-state index contributed by atoms with van der Waals surface area (Å²) in [6, 6.07) is 54.7. The van der Waals surface area contributed by atoms with Gasteiger partial charge in [-0.25, -0.2) is 9.67 Å². The van der Waals surface area contributed by atoms with E-state index in [1.807, 2.05) is 71.4 Å². The van der Waals surface area contributed by atoms with E-state index in [1.165, 1.54) is 6.07 Å². The van der Waals surface area contributed by atoms with E-state index in [0.29, 0.717) is 29.1 Å². The van der Waals surface area contributed by atoms with Gasteiger partial charge in [0, 0.05) is 24.1 Å². The highest BCUT2D eigenvalue weighted by molar-refractivity contribution is 5.82. The summed E-state index contributed by atoms with van der Waals surface area (Å²) in [6.07, 6.45) is -1.10. The van der Waals surface area contributed by atoms with Crippen molar-refractivity contribution >= 4 is 11.0 Å². The summed E-state index contributed by atoms with van der Waals surface area (Å²) in [6.45, 7) is 2.65. The van der Waals surface area contributed by atoms with E-state index in [4.69, 9.17) is 15.3 Å². The minimum atomic E-state index is -4.44. The number of halogens is 3. The average Bonchev–Trinajstić information content (AvgIpc) is 3.90. The topological polar surface area (TPSA) is 74.3 Å². The number of imidazole rings is 1. The maximum Gasteiger partial charge on any atom is 0.416 e. The van der Waals surface area contributed by atoms with Crippen molar-refractivity contribution in [3.63, 3.8) is 0 Å². The molecule has 9 aromatic rings. The molecule has 0 bridgehead atoms. The van der Waals surface area contributed by atoms with Crippen molar-refractivity contribution in [1.82, 2.24) is 34.7 Å². The number of rotatable bonds is 11. The lowest BCUT2D eigenvalue weighted by Crippen LogP contribution is -2.39. The SMILES string of the molecule is CCCc1nc2cc(-c3cccc(C(F)(F)F)c3)ncc2n1Cc1ccc(-c2ccccc2-c2nnnn2C(c2ccccc2)(c2ccccc2)c2ccccc2)cc1. The standard InChI is InChI=1S/C49H38F3N7/c1-2-15-46-54-44-31-43(36-16-14-23-40(30-36)49(50,51)52)53-32-45(44)58(46)33-34-26-28-35(29-27-34)41-24-12-13-25-42(41)47-55-56-57-59(47)48(37-17-6-3-7-18-37,38-19-8-4-9-20-38)39-21-10-5-11-22-39/h3-14,16-32H,2,15,33H2,1H3. The summed E-state index contributed by atoms with van der Waals surface area (Å²) < 4.78 is 44.5. The number of aromatic nitrogens is 7. The quantitative estimate of drug-likeness (QED) is 0.122. The van der Waals surface area contributed by atoms with Gasteiger partial charge in [-0.3, -0.25) is 4.98 Å². The predicted octanol–water partition coefficient (Wildman–Crippen LogP) is 11.3. The first-order valence-corrected chi connectivity index (χ1v) is 19.5. The minimum Gasteiger partial charge on any atom is -0.322 e. The summed E-state index contributed by atoms with van der Waals surface area (Å²) in [5.74, 6) is 1.51. The fraction of sp³-hybridized carbons (Fsp3) is 0.122. The normalized spacial score (nSPS) is 11.9. The first-order chi connectivity index (χ1) is 28.8. The van der Waals surface area contributed by atoms with Crippen molar-refractivity contribution in [1.29, 1.82) is 0 Å². The summed E-state index contributed by atoms with van der Waals surface area (Å²) in [4.78, 5) is 9.53. The monoisotopic (exact) mass is 781 g/mol. The van der Waals surface area contributed by atoms with E-state index in [9.17, 15) is 13.2 Å². The van der Waals surface area contributed by atoms with E-state index < -0.39 is 17.3 Å². The molecule has 3 aromatic heterocycles. The average molecular weight is 782 g/mol. The van der Waals surface area contributed by atoms with Crippen LogP contribution in [0.2, 0.25) is 0 Å². The number of benzene rings is 6. The lowest BCUT2D eigenvalue weighted by Gasteiger charge is -2.36. The van der Waals surface area contributed by atoms with Crippen LogP contribution in [0.5, 0.6) is 0 Å². The highest BCUT2D eigenvalue weighted by Crippen LogP contribution is 2.43. The van der Waals surface area contributed by atoms with Crippen LogP contribution < -0.4 is 0 Å². The molecule has 9 rings (SSSR count). The molecule has 0 amide bonds. The Balaban J connectivity index is 1.09. The molecule has 0 atom stereocenters. The summed E-state index contributed by atoms with van der Waals surface area (Å²) >= 11 is 0. The van der Waals surface area contributed by atoms with Gasteiger partial charge in [0.25, 0.3) is 0 Å². The number of hydrogen-bond acceptors (Lipinski definition) is 5. The molecule has 0 aliphatic heterocycles. The van der Waals surface area contributed by atoms with Crippen molar-refractivity contribution in [3.8, 4) is 33.8 Å². The molecule has 0 saturated carbocycles. The fourth-order valence-electron chi connectivity index (χ4n) is 8.07. The Kier molecular flexibility index (Phi) is 9.90. The van der Waals surface area contributed by atoms with Gasteiger partial charge in [-0.05, 0) is 68.4 Å². The minimum absolute atomic E-state index is 0.393. The molecule has 6 aromatic carbocycles. The molecule has 0 saturated heterocycles. The van der Waals surface area contributed by atoms with Crippen LogP contribution in [0.4, 0.5) is 13.2 Å². The van der Waals surface area contributed by atoms with Crippen molar-refractivity contribution in [2.45, 2.75) is 38.0 Å². The summed E-state index contributed by atoms with van der Waals surface area (Å²) in [5.41, 5.74) is 7.72. The number of hydrogen-bond donors (Lipinski definition) is 0. The number of alkyl halides is 3. The van der Waals surface area contributed by atoms with Gasteiger partial charge < -0.3 is 4.57 Å². The lowest BCUT2D eigenvalue weighted by molar-refractivity contribution is -0.137. The third-order valence-electron chi connectivity index (χ3n) is 10.8. The zero-order valence-corrected chi connectivity index (χ0v) is 32.1. The van der Waals surface area contributed by atoms with Crippen molar-refractivity contribution in [2.24, 2.45) is 0 Å². The van der Waals surface area contributed by atoms with Crippen LogP contribution >= 0.6 is 0 Å². The van der Waals surface area contributed by atoms with Gasteiger partial charge in [-0.1, -0.05) is 159 Å². The first-order valence-electron chi connectivity index (χ1n) is 19.5. The second kappa shape index (κ2) is 15.6. The summed E-state index contributed by atoms with van der Waals surface area (Å²) in [5, 5.41) is 13.8. The molecule has 10 heteroatoms. The molecule has 59 heavy (non-hydrogen) atoms. The number of tetrazole rings is 1. The van der Waals surface area contributed by atoms with E-state index in [1.54, 1.807) is 18.3 Å². The molecule has 0 unspecified atom stereocenters. The fourth-order valence-corrected chi connectivity index (χ4v) is 8.07. The molecule has 0 aliphatic rings. The molecular formula is C49H38F3N7. The van der Waals surface area contributed by atoms with Gasteiger partial charge >= 0.3 is 6.18 Å². The largest absolute Gasteiger partial charge is 0.416 e. The maximum atomic E-state index is 13.5. The van der Waals surface area contributed by atoms with Crippen LogP contribution in [0, 0.1) is 0 Å². The number of fused-ring (bicyclic) bond motifs is 1. The van der Waals surface area contributed by atoms with Crippen LogP contribution in [0.15, 0.2) is 176 Å². The molecular weight excluding hydrogens is 744 g/mol. The first kappa shape index (κ1) is 37.4. The molecule has 0 N–H and O–H groups in total. The molecule has 3 heterocycles. The second-order valence-corrected chi connectivity index (χ2v) is 14.5. The van der Waals surface area contributed by atoms with E-state index in [0.717, 1.165) is 75.3 Å². The second-order valence-electron chi connectivity index (χ2n) is 14.5. The number of nitrogens with zero attached hydrogens (tertiary/aromatic N) is 7. The lowest BCUT2D eigenvalue weighted by atomic mass is 9.77. The smallest absolute Gasteiger partial charge is 0.322 e. The number of pyridine rings is 1. The van der Waals surface area contributed by atoms with Crippen LogP contribution in [-0.4, -0.2) is 34.7 Å². The van der Waals surface area contributed by atoms with Gasteiger partial charge in [0.05, 0.1) is 28.5 Å². The van der Waals surface area contributed by atoms with Crippen LogP contribution in [-0.2, 0) is 24.7 Å². The third-order valence-corrected chi connectivity index (χ3v) is 10.8. The third kappa shape index (κ3) is 6.96. The molecule has 0 fully saturated rings. The maximum absolute atomic E-state index is 13.5. The Morgan fingerprint density at radius 1 is 0.593 bits per heavy atom. The highest BCUT2D eigenvalue weighted by Gasteiger charge is 2.42. The van der Waals surface area contributed by atoms with Crippen LogP contribution in [0.3, 0.4) is 0 Å². The van der Waals surface area contributed by atoms with Gasteiger partial charge in [0.15, 0.2) is 5.82 Å². The van der Waals surface area contributed by atoms with Crippen LogP contribution in [0.25, 0.3) is 44.8 Å². The number of aryl methyl sites for hydroxylation is 1. The summed E-state index contributed by atoms with van der Waals surface area (Å²) in [7, 11) is 0. The molecule has 290 valence electrons. The van der Waals surface area contributed by atoms with Gasteiger partial charge in [-0.15, -0.1) is 5.10 Å².